The van der Waals surface area contributed by atoms with Crippen molar-refractivity contribution in [2.75, 3.05) is 18.1 Å². The van der Waals surface area contributed by atoms with Gasteiger partial charge >= 0.3 is 18.2 Å². The fourth-order valence-corrected chi connectivity index (χ4v) is 4.02. The predicted octanol–water partition coefficient (Wildman–Crippen LogP) is 5.39. The normalized spacial score (nSPS) is 20.9. The number of carboxylic acids is 1. The summed E-state index contributed by atoms with van der Waals surface area (Å²) in [6.45, 7) is 5.69. The van der Waals surface area contributed by atoms with Crippen molar-refractivity contribution in [3.05, 3.63) is 47.7 Å². The summed E-state index contributed by atoms with van der Waals surface area (Å²) in [6.07, 6.45) is 0.239. The standard InChI is InChI=1S/C23H26ClF3N2O5/c1-22(2,3)34-21(32)29-9-4-6-15(29)13-33-17-11-14(23(25,26)27)10-16(12-17)28-8-5-7-18(19(28)24)20(30)31/h5,7-8,10-12,15,19H,4,6,9,13H2,1-3H3,(H,30,31)/t15?,19-/m0/s1. The number of anilines is 1. The largest absolute Gasteiger partial charge is 0.491 e. The Hall–Kier alpha value is -2.88. The molecule has 1 N–H and O–H groups in total. The van der Waals surface area contributed by atoms with Crippen LogP contribution in [-0.2, 0) is 15.7 Å². The Labute approximate surface area is 200 Å². The van der Waals surface area contributed by atoms with E-state index in [9.17, 15) is 27.9 Å². The third-order valence-corrected chi connectivity index (χ3v) is 5.68. The number of ether oxygens (including phenoxy) is 2. The molecule has 0 spiro atoms. The zero-order valence-corrected chi connectivity index (χ0v) is 19.7. The van der Waals surface area contributed by atoms with E-state index in [0.29, 0.717) is 13.0 Å². The zero-order chi connectivity index (χ0) is 25.3. The highest BCUT2D eigenvalue weighted by molar-refractivity contribution is 6.26. The van der Waals surface area contributed by atoms with Crippen molar-refractivity contribution >= 4 is 29.4 Å². The van der Waals surface area contributed by atoms with Crippen LogP contribution < -0.4 is 9.64 Å². The molecule has 7 nitrogen and oxygen atoms in total. The number of allylic oxidation sites excluding steroid dienone is 2. The van der Waals surface area contributed by atoms with Crippen LogP contribution in [0.25, 0.3) is 0 Å². The van der Waals surface area contributed by atoms with Crippen molar-refractivity contribution < 1.29 is 37.3 Å². The average molecular weight is 503 g/mol. The number of benzene rings is 1. The fraction of sp³-hybridized carbons (Fsp3) is 0.478. The molecule has 1 unspecified atom stereocenters. The van der Waals surface area contributed by atoms with Crippen LogP contribution in [0.15, 0.2) is 42.1 Å². The highest BCUT2D eigenvalue weighted by Crippen LogP contribution is 2.38. The topological polar surface area (TPSA) is 79.3 Å². The third kappa shape index (κ3) is 6.16. The Kier molecular flexibility index (Phi) is 7.40. The van der Waals surface area contributed by atoms with Gasteiger partial charge in [0.15, 0.2) is 0 Å². The molecule has 1 amide bonds. The summed E-state index contributed by atoms with van der Waals surface area (Å²) < 4.78 is 51.9. The summed E-state index contributed by atoms with van der Waals surface area (Å²) in [4.78, 5) is 26.6. The molecule has 3 rings (SSSR count). The molecule has 2 heterocycles. The van der Waals surface area contributed by atoms with Crippen molar-refractivity contribution in [3.8, 4) is 5.75 Å². The van der Waals surface area contributed by atoms with E-state index in [0.717, 1.165) is 18.6 Å². The van der Waals surface area contributed by atoms with E-state index in [1.165, 1.54) is 34.2 Å². The van der Waals surface area contributed by atoms with Crippen molar-refractivity contribution in [1.82, 2.24) is 4.90 Å². The van der Waals surface area contributed by atoms with Gasteiger partial charge in [-0.05, 0) is 57.9 Å². The number of halogens is 4. The second kappa shape index (κ2) is 9.77. The quantitative estimate of drug-likeness (QED) is 0.429. The molecule has 1 aromatic carbocycles. The minimum Gasteiger partial charge on any atom is -0.491 e. The second-order valence-corrected chi connectivity index (χ2v) is 9.42. The van der Waals surface area contributed by atoms with Gasteiger partial charge in [-0.1, -0.05) is 11.6 Å². The van der Waals surface area contributed by atoms with Crippen LogP contribution in [0, 0.1) is 0 Å². The van der Waals surface area contributed by atoms with E-state index in [1.807, 2.05) is 0 Å². The summed E-state index contributed by atoms with van der Waals surface area (Å²) in [5.74, 6) is -1.36. The Bertz CT molecular complexity index is 1000. The number of aliphatic carboxylic acids is 1. The van der Waals surface area contributed by atoms with Crippen LogP contribution in [0.1, 0.15) is 39.2 Å². The minimum atomic E-state index is -4.67. The van der Waals surface area contributed by atoms with Gasteiger partial charge in [-0.2, -0.15) is 13.2 Å². The molecule has 0 aliphatic carbocycles. The Morgan fingerprint density at radius 2 is 1.91 bits per heavy atom. The van der Waals surface area contributed by atoms with Crippen LogP contribution in [-0.4, -0.2) is 52.4 Å². The molecule has 0 radical (unpaired) electrons. The predicted molar refractivity (Wildman–Crippen MR) is 120 cm³/mol. The van der Waals surface area contributed by atoms with E-state index in [2.05, 4.69) is 0 Å². The van der Waals surface area contributed by atoms with Crippen LogP contribution in [0.2, 0.25) is 0 Å². The van der Waals surface area contributed by atoms with Gasteiger partial charge < -0.3 is 24.4 Å². The number of nitrogens with zero attached hydrogens (tertiary/aromatic N) is 2. The summed E-state index contributed by atoms with van der Waals surface area (Å²) in [7, 11) is 0. The van der Waals surface area contributed by atoms with E-state index in [-0.39, 0.29) is 29.7 Å². The maximum absolute atomic E-state index is 13.6. The van der Waals surface area contributed by atoms with Crippen molar-refractivity contribution in [1.29, 1.82) is 0 Å². The molecule has 1 aromatic rings. The number of carbonyl (C=O) groups is 2. The summed E-state index contributed by atoms with van der Waals surface area (Å²) >= 11 is 6.23. The first kappa shape index (κ1) is 25.7. The first-order valence-electron chi connectivity index (χ1n) is 10.6. The lowest BCUT2D eigenvalue weighted by Gasteiger charge is -2.30. The molecule has 34 heavy (non-hydrogen) atoms. The molecule has 2 atom stereocenters. The second-order valence-electron chi connectivity index (χ2n) is 9.01. The van der Waals surface area contributed by atoms with Crippen LogP contribution in [0.5, 0.6) is 5.75 Å². The molecule has 0 aromatic heterocycles. The zero-order valence-electron chi connectivity index (χ0n) is 18.9. The molecular weight excluding hydrogens is 477 g/mol. The Morgan fingerprint density at radius 1 is 1.21 bits per heavy atom. The molecule has 1 saturated heterocycles. The number of amides is 1. The van der Waals surface area contributed by atoms with E-state index in [4.69, 9.17) is 21.1 Å². The van der Waals surface area contributed by atoms with E-state index < -0.39 is 34.9 Å². The van der Waals surface area contributed by atoms with Gasteiger partial charge in [0.1, 0.15) is 23.5 Å². The third-order valence-electron chi connectivity index (χ3n) is 5.23. The molecule has 1 fully saturated rings. The maximum Gasteiger partial charge on any atom is 0.416 e. The number of rotatable bonds is 5. The van der Waals surface area contributed by atoms with Gasteiger partial charge in [-0.15, -0.1) is 0 Å². The fourth-order valence-electron chi connectivity index (χ4n) is 3.68. The smallest absolute Gasteiger partial charge is 0.416 e. The lowest BCUT2D eigenvalue weighted by Crippen LogP contribution is -2.42. The Morgan fingerprint density at radius 3 is 2.53 bits per heavy atom. The highest BCUT2D eigenvalue weighted by atomic mass is 35.5. The summed E-state index contributed by atoms with van der Waals surface area (Å²) in [6, 6.07) is 2.73. The SMILES string of the molecule is CC(C)(C)OC(=O)N1CCCC1COc1cc(N2C=CC=C(C(=O)O)[C@H]2Cl)cc(C(F)(F)F)c1. The monoisotopic (exact) mass is 502 g/mol. The van der Waals surface area contributed by atoms with Crippen molar-refractivity contribution in [2.24, 2.45) is 0 Å². The molecule has 0 saturated carbocycles. The van der Waals surface area contributed by atoms with Crippen LogP contribution >= 0.6 is 11.6 Å². The first-order chi connectivity index (χ1) is 15.8. The molecule has 2 aliphatic rings. The molecular formula is C23H26ClF3N2O5. The van der Waals surface area contributed by atoms with Crippen molar-refractivity contribution in [2.45, 2.75) is 56.9 Å². The average Bonchev–Trinajstić information content (AvgIpc) is 3.19. The van der Waals surface area contributed by atoms with Gasteiger partial charge in [0.25, 0.3) is 0 Å². The van der Waals surface area contributed by atoms with E-state index >= 15 is 0 Å². The number of hydrogen-bond donors (Lipinski definition) is 1. The molecule has 0 bridgehead atoms. The minimum absolute atomic E-state index is 0.0170. The van der Waals surface area contributed by atoms with E-state index in [1.54, 1.807) is 20.8 Å². The summed E-state index contributed by atoms with van der Waals surface area (Å²) in [5.41, 5.74) is -3.02. The van der Waals surface area contributed by atoms with Crippen LogP contribution in [0.4, 0.5) is 23.7 Å². The van der Waals surface area contributed by atoms with Gasteiger partial charge in [-0.3, -0.25) is 0 Å². The highest BCUT2D eigenvalue weighted by Gasteiger charge is 2.35. The number of likely N-dealkylation sites (tertiary alicyclic amines) is 1. The first-order valence-corrected chi connectivity index (χ1v) is 11.1. The Balaban J connectivity index is 1.82. The van der Waals surface area contributed by atoms with Gasteiger partial charge in [0, 0.05) is 24.5 Å². The molecule has 2 aliphatic heterocycles. The number of carbonyl (C=O) groups excluding carboxylic acids is 1. The number of hydrogen-bond acceptors (Lipinski definition) is 5. The van der Waals surface area contributed by atoms with Crippen LogP contribution in [0.3, 0.4) is 0 Å². The molecule has 186 valence electrons. The number of alkyl halides is 4. The van der Waals surface area contributed by atoms with Crippen molar-refractivity contribution in [3.63, 3.8) is 0 Å². The van der Waals surface area contributed by atoms with Gasteiger partial charge in [-0.25, -0.2) is 9.59 Å². The number of carboxylic acid groups (broad SMARTS) is 1. The summed E-state index contributed by atoms with van der Waals surface area (Å²) in [5, 5.41) is 9.30. The lowest BCUT2D eigenvalue weighted by atomic mass is 10.1. The lowest BCUT2D eigenvalue weighted by molar-refractivity contribution is -0.137. The van der Waals surface area contributed by atoms with Gasteiger partial charge in [0.2, 0.25) is 0 Å². The maximum atomic E-state index is 13.6. The van der Waals surface area contributed by atoms with Gasteiger partial charge in [0.05, 0.1) is 17.2 Å². The molecule has 11 heteroatoms.